The van der Waals surface area contributed by atoms with Crippen LogP contribution >= 0.6 is 12.4 Å². The molecule has 0 aliphatic rings. The summed E-state index contributed by atoms with van der Waals surface area (Å²) in [4.78, 5) is 8.56. The van der Waals surface area contributed by atoms with Crippen molar-refractivity contribution in [3.8, 4) is 0 Å². The van der Waals surface area contributed by atoms with E-state index in [1.165, 1.54) is 0 Å². The third kappa shape index (κ3) is 62.3. The molecule has 0 saturated heterocycles. The van der Waals surface area contributed by atoms with Crippen LogP contribution in [0, 0.1) is 0 Å². The van der Waals surface area contributed by atoms with Crippen LogP contribution in [0.4, 0.5) is 4.79 Å². The summed E-state index contributed by atoms with van der Waals surface area (Å²) in [5.74, 6) is 0. The summed E-state index contributed by atoms with van der Waals surface area (Å²) in [6.07, 6.45) is -1.83. The molecule has 0 aliphatic heterocycles. The van der Waals surface area contributed by atoms with Gasteiger partial charge in [0.2, 0.25) is 0 Å². The fraction of sp³-hybridized carbons (Fsp3) is 0. The van der Waals surface area contributed by atoms with E-state index in [4.69, 9.17) is 15.0 Å². The van der Waals surface area contributed by atoms with Crippen molar-refractivity contribution in [1.82, 2.24) is 0 Å². The van der Waals surface area contributed by atoms with E-state index >= 15 is 0 Å². The summed E-state index contributed by atoms with van der Waals surface area (Å²) in [5.41, 5.74) is 0. The number of halogens is 1. The van der Waals surface area contributed by atoms with Gasteiger partial charge in [-0.3, -0.25) is 0 Å². The van der Waals surface area contributed by atoms with Crippen LogP contribution in [0.1, 0.15) is 0 Å². The molecule has 0 unspecified atom stereocenters. The molecule has 0 atom stereocenters. The predicted octanol–water partition coefficient (Wildman–Crippen LogP) is -1.19. The van der Waals surface area contributed by atoms with E-state index in [2.05, 4.69) is 0 Å². The molecule has 0 heterocycles. The van der Waals surface area contributed by atoms with Crippen molar-refractivity contribution in [3.05, 3.63) is 0 Å². The van der Waals surface area contributed by atoms with Crippen molar-refractivity contribution in [2.75, 3.05) is 0 Å². The van der Waals surface area contributed by atoms with Gasteiger partial charge in [-0.1, -0.05) is 0 Å². The van der Waals surface area contributed by atoms with E-state index in [1.807, 2.05) is 0 Å². The number of hydrogen-bond acceptors (Lipinski definition) is 1. The zero-order valence-corrected chi connectivity index (χ0v) is 3.03. The Labute approximate surface area is 114 Å². The van der Waals surface area contributed by atoms with Crippen molar-refractivity contribution in [3.63, 3.8) is 0 Å². The molecular weight excluding hydrogens is 223 g/mol. The number of carbonyl (C=O) groups is 1. The van der Waals surface area contributed by atoms with Crippen LogP contribution in [-0.4, -0.2) is 99.6 Å². The number of carboxylic acid groups (broad SMARTS) is 2. The molecule has 40 valence electrons. The van der Waals surface area contributed by atoms with Crippen LogP contribution in [0.3, 0.4) is 0 Å². The molecule has 0 aliphatic carbocycles. The second-order valence-electron chi connectivity index (χ2n) is 0.283. The van der Waals surface area contributed by atoms with Crippen molar-refractivity contribution >= 4 is 102 Å². The Morgan fingerprint density at radius 1 is 1.29 bits per heavy atom. The van der Waals surface area contributed by atoms with Gasteiger partial charge in [-0.05, 0) is 0 Å². The number of hydrogen-bond donors (Lipinski definition) is 2. The molecule has 0 bridgehead atoms. The third-order valence-corrected chi connectivity index (χ3v) is 0. The summed E-state index contributed by atoms with van der Waals surface area (Å²) in [7, 11) is 0. The molecule has 0 aromatic rings. The Balaban J connectivity index is -0.0000000150. The van der Waals surface area contributed by atoms with Crippen molar-refractivity contribution in [1.29, 1.82) is 0 Å². The van der Waals surface area contributed by atoms with Gasteiger partial charge in [0, 0.05) is 0 Å². The first-order valence-electron chi connectivity index (χ1n) is 0.651. The van der Waals surface area contributed by atoms with Gasteiger partial charge in [-0.15, -0.1) is 12.4 Å². The topological polar surface area (TPSA) is 57.5 Å². The van der Waals surface area contributed by atoms with Gasteiger partial charge >= 0.3 is 89.4 Å². The summed E-state index contributed by atoms with van der Waals surface area (Å²) in [5, 5.41) is 13.9. The van der Waals surface area contributed by atoms with E-state index in [0.29, 0.717) is 0 Å². The molecule has 0 amide bonds. The standard InChI is InChI=1S/CH2O3.Ca.ClH.Sr.4H/c2-1(3)4;;;;;;;/h(H2,2,3,4);;1H;;;;;. The fourth-order valence-corrected chi connectivity index (χ4v) is 0. The van der Waals surface area contributed by atoms with Crippen LogP contribution in [0.5, 0.6) is 0 Å². The third-order valence-electron chi connectivity index (χ3n) is 0. The molecule has 0 rings (SSSR count). The summed E-state index contributed by atoms with van der Waals surface area (Å²) >= 11 is 0. The van der Waals surface area contributed by atoms with Gasteiger partial charge in [0.05, 0.1) is 0 Å². The molecule has 3 nitrogen and oxygen atoms in total. The summed E-state index contributed by atoms with van der Waals surface area (Å²) < 4.78 is 0. The molecule has 7 heavy (non-hydrogen) atoms. The molecule has 0 radical (unpaired) electrons. The Morgan fingerprint density at radius 2 is 1.29 bits per heavy atom. The van der Waals surface area contributed by atoms with E-state index in [1.54, 1.807) is 0 Å². The average Bonchev–Trinajstić information content (AvgIpc) is 0.811. The maximum absolute atomic E-state index is 8.56. The first-order chi connectivity index (χ1) is 1.73. The SMILES string of the molecule is Cl.O=C(O)O.[CaH2].[SrH2]. The van der Waals surface area contributed by atoms with Crippen LogP contribution in [0.15, 0.2) is 0 Å². The summed E-state index contributed by atoms with van der Waals surface area (Å²) in [6, 6.07) is 0. The molecule has 6 heteroatoms. The van der Waals surface area contributed by atoms with Crippen LogP contribution in [0.25, 0.3) is 0 Å². The van der Waals surface area contributed by atoms with Gasteiger partial charge in [-0.2, -0.15) is 0 Å². The van der Waals surface area contributed by atoms with E-state index in [-0.39, 0.29) is 95.6 Å². The van der Waals surface area contributed by atoms with E-state index in [0.717, 1.165) is 0 Å². The molecule has 0 aromatic carbocycles. The Hall–Kier alpha value is 2.30. The second-order valence-corrected chi connectivity index (χ2v) is 0.283. The zero-order valence-electron chi connectivity index (χ0n) is 2.21. The van der Waals surface area contributed by atoms with Gasteiger partial charge < -0.3 is 10.2 Å². The van der Waals surface area contributed by atoms with Crippen molar-refractivity contribution in [2.24, 2.45) is 0 Å². The van der Waals surface area contributed by atoms with Gasteiger partial charge in [0.25, 0.3) is 0 Å². The predicted molar refractivity (Wildman–Crippen MR) is 35.0 cm³/mol. The van der Waals surface area contributed by atoms with Crippen LogP contribution < -0.4 is 0 Å². The molecule has 0 saturated carbocycles. The quantitative estimate of drug-likeness (QED) is 0.515. The van der Waals surface area contributed by atoms with Crippen LogP contribution in [-0.2, 0) is 0 Å². The molecule has 0 fully saturated rings. The molecule has 0 spiro atoms. The minimum absolute atomic E-state index is 0. The Kier molecular flexibility index (Phi) is 51.3. The van der Waals surface area contributed by atoms with Gasteiger partial charge in [0.1, 0.15) is 0 Å². The molecular formula is CH7CaClO3Sr. The monoisotopic (exact) mass is 230 g/mol. The average molecular weight is 230 g/mol. The Morgan fingerprint density at radius 3 is 1.29 bits per heavy atom. The molecule has 2 N–H and O–H groups in total. The first kappa shape index (κ1) is 22.8. The molecule has 0 aromatic heterocycles. The number of rotatable bonds is 0. The second kappa shape index (κ2) is 15.7. The first-order valence-corrected chi connectivity index (χ1v) is 0.651. The van der Waals surface area contributed by atoms with E-state index in [9.17, 15) is 0 Å². The maximum atomic E-state index is 8.56. The normalized spacial score (nSPS) is 3.43. The van der Waals surface area contributed by atoms with Crippen LogP contribution in [0.2, 0.25) is 0 Å². The summed E-state index contributed by atoms with van der Waals surface area (Å²) in [6.45, 7) is 0. The van der Waals surface area contributed by atoms with Gasteiger partial charge in [0.15, 0.2) is 0 Å². The minimum atomic E-state index is -1.83. The zero-order chi connectivity index (χ0) is 3.58. The fourth-order valence-electron chi connectivity index (χ4n) is 0. The van der Waals surface area contributed by atoms with Gasteiger partial charge in [-0.25, -0.2) is 4.79 Å². The van der Waals surface area contributed by atoms with E-state index < -0.39 is 6.16 Å². The Bertz CT molecular complexity index is 37.9. The van der Waals surface area contributed by atoms with Crippen molar-refractivity contribution in [2.45, 2.75) is 0 Å². The van der Waals surface area contributed by atoms with Crippen molar-refractivity contribution < 1.29 is 15.0 Å².